The number of ether oxygens (including phenoxy) is 2. The molecule has 0 aliphatic heterocycles. The SMILES string of the molecule is COc1ccc(N(CC2CCCCC2)c2nc(N)nc(OC3CC4CCC3CC4)n2)cc1F. The summed E-state index contributed by atoms with van der Waals surface area (Å²) >= 11 is 0. The van der Waals surface area contributed by atoms with Gasteiger partial charge in [-0.25, -0.2) is 4.39 Å². The van der Waals surface area contributed by atoms with E-state index in [1.165, 1.54) is 58.1 Å². The molecule has 1 aromatic carbocycles. The molecule has 2 bridgehead atoms. The van der Waals surface area contributed by atoms with Gasteiger partial charge in [0.2, 0.25) is 11.9 Å². The Balaban J connectivity index is 1.44. The fourth-order valence-corrected chi connectivity index (χ4v) is 5.88. The van der Waals surface area contributed by atoms with Gasteiger partial charge in [0, 0.05) is 18.3 Å². The third kappa shape index (κ3) is 4.99. The smallest absolute Gasteiger partial charge is 0.323 e. The standard InChI is InChI=1S/C25H34FN5O2/c1-32-21-12-11-19(14-20(21)26)31(15-17-5-3-2-4-6-17)24-28-23(27)29-25(30-24)33-22-13-16-7-9-18(22)10-8-16/h11-12,14,16-18,22H,2-10,13,15H2,1H3,(H2,27,28,29,30). The number of nitrogen functional groups attached to an aromatic ring is 1. The van der Waals surface area contributed by atoms with Crippen LogP contribution in [0.25, 0.3) is 0 Å². The molecule has 33 heavy (non-hydrogen) atoms. The molecule has 4 fully saturated rings. The van der Waals surface area contributed by atoms with Gasteiger partial charge in [-0.05, 0) is 74.8 Å². The molecule has 1 heterocycles. The van der Waals surface area contributed by atoms with Crippen LogP contribution in [0.1, 0.15) is 64.2 Å². The van der Waals surface area contributed by atoms with Crippen LogP contribution in [0.3, 0.4) is 0 Å². The minimum absolute atomic E-state index is 0.124. The van der Waals surface area contributed by atoms with Crippen molar-refractivity contribution in [3.05, 3.63) is 24.0 Å². The van der Waals surface area contributed by atoms with Gasteiger partial charge in [0.25, 0.3) is 0 Å². The topological polar surface area (TPSA) is 86.4 Å². The molecule has 0 radical (unpaired) electrons. The molecule has 0 saturated heterocycles. The Morgan fingerprint density at radius 2 is 1.82 bits per heavy atom. The molecule has 0 spiro atoms. The molecule has 7 nitrogen and oxygen atoms in total. The second-order valence-corrected chi connectivity index (χ2v) is 9.88. The van der Waals surface area contributed by atoms with Crippen molar-refractivity contribution >= 4 is 17.6 Å². The number of nitrogens with zero attached hydrogens (tertiary/aromatic N) is 4. The maximum absolute atomic E-state index is 14.6. The van der Waals surface area contributed by atoms with Crippen molar-refractivity contribution in [2.24, 2.45) is 17.8 Å². The molecular weight excluding hydrogens is 421 g/mol. The van der Waals surface area contributed by atoms with Gasteiger partial charge in [0.05, 0.1) is 7.11 Å². The number of benzene rings is 1. The first-order valence-electron chi connectivity index (χ1n) is 12.4. The minimum atomic E-state index is -0.416. The molecule has 0 amide bonds. The zero-order valence-corrected chi connectivity index (χ0v) is 19.4. The zero-order valence-electron chi connectivity index (χ0n) is 19.4. The number of halogens is 1. The summed E-state index contributed by atoms with van der Waals surface area (Å²) in [6.07, 6.45) is 12.2. The lowest BCUT2D eigenvalue weighted by molar-refractivity contribution is 0.0143. The molecule has 6 rings (SSSR count). The van der Waals surface area contributed by atoms with Crippen LogP contribution < -0.4 is 20.1 Å². The van der Waals surface area contributed by atoms with Gasteiger partial charge in [0.15, 0.2) is 11.6 Å². The molecule has 4 aliphatic carbocycles. The van der Waals surface area contributed by atoms with Crippen LogP contribution in [-0.2, 0) is 0 Å². The number of fused-ring (bicyclic) bond motifs is 3. The molecule has 8 heteroatoms. The number of rotatable bonds is 7. The summed E-state index contributed by atoms with van der Waals surface area (Å²) in [4.78, 5) is 15.4. The Labute approximate surface area is 194 Å². The van der Waals surface area contributed by atoms with E-state index in [0.717, 1.165) is 25.2 Å². The van der Waals surface area contributed by atoms with Crippen LogP contribution in [-0.4, -0.2) is 34.7 Å². The summed E-state index contributed by atoms with van der Waals surface area (Å²) in [6.45, 7) is 0.697. The van der Waals surface area contributed by atoms with E-state index in [-0.39, 0.29) is 23.8 Å². The highest BCUT2D eigenvalue weighted by Gasteiger charge is 2.37. The highest BCUT2D eigenvalue weighted by atomic mass is 19.1. The van der Waals surface area contributed by atoms with Crippen LogP contribution in [0.4, 0.5) is 22.0 Å². The average Bonchev–Trinajstić information content (AvgIpc) is 2.83. The summed E-state index contributed by atoms with van der Waals surface area (Å²) in [6, 6.07) is 5.23. The monoisotopic (exact) mass is 455 g/mol. The third-order valence-corrected chi connectivity index (χ3v) is 7.71. The van der Waals surface area contributed by atoms with Gasteiger partial charge in [-0.2, -0.15) is 15.0 Å². The predicted octanol–water partition coefficient (Wildman–Crippen LogP) is 5.28. The average molecular weight is 456 g/mol. The Morgan fingerprint density at radius 3 is 2.48 bits per heavy atom. The molecule has 2 aromatic rings. The first kappa shape index (κ1) is 22.2. The van der Waals surface area contributed by atoms with Crippen LogP contribution in [0.5, 0.6) is 11.8 Å². The zero-order chi connectivity index (χ0) is 22.8. The van der Waals surface area contributed by atoms with Crippen LogP contribution >= 0.6 is 0 Å². The van der Waals surface area contributed by atoms with Crippen LogP contribution in [0.2, 0.25) is 0 Å². The number of hydrogen-bond acceptors (Lipinski definition) is 7. The van der Waals surface area contributed by atoms with E-state index in [0.29, 0.717) is 30.0 Å². The number of nitrogens with two attached hydrogens (primary N) is 1. The predicted molar refractivity (Wildman–Crippen MR) is 125 cm³/mol. The Bertz CT molecular complexity index is 960. The number of aromatic nitrogens is 3. The molecule has 4 aliphatic rings. The summed E-state index contributed by atoms with van der Waals surface area (Å²) < 4.78 is 26.0. The van der Waals surface area contributed by atoms with E-state index in [2.05, 4.69) is 15.0 Å². The van der Waals surface area contributed by atoms with Crippen molar-refractivity contribution in [2.45, 2.75) is 70.3 Å². The van der Waals surface area contributed by atoms with Gasteiger partial charge in [0.1, 0.15) is 6.10 Å². The first-order chi connectivity index (χ1) is 16.1. The van der Waals surface area contributed by atoms with Gasteiger partial charge >= 0.3 is 6.01 Å². The van der Waals surface area contributed by atoms with E-state index in [1.807, 2.05) is 11.0 Å². The first-order valence-corrected chi connectivity index (χ1v) is 12.4. The molecule has 4 saturated carbocycles. The van der Waals surface area contributed by atoms with Gasteiger partial charge in [-0.3, -0.25) is 0 Å². The summed E-state index contributed by atoms with van der Waals surface area (Å²) in [7, 11) is 1.46. The molecule has 1 atom stereocenters. The summed E-state index contributed by atoms with van der Waals surface area (Å²) in [5.74, 6) is 2.12. The summed E-state index contributed by atoms with van der Waals surface area (Å²) in [5.41, 5.74) is 6.78. The van der Waals surface area contributed by atoms with Crippen molar-refractivity contribution in [1.29, 1.82) is 0 Å². The van der Waals surface area contributed by atoms with E-state index in [9.17, 15) is 4.39 Å². The molecule has 2 N–H and O–H groups in total. The lowest BCUT2D eigenvalue weighted by atomic mass is 9.69. The Hall–Kier alpha value is -2.64. The molecular formula is C25H34FN5O2. The quantitative estimate of drug-likeness (QED) is 0.608. The van der Waals surface area contributed by atoms with E-state index in [4.69, 9.17) is 15.2 Å². The molecule has 1 aromatic heterocycles. The van der Waals surface area contributed by atoms with Crippen LogP contribution in [0.15, 0.2) is 18.2 Å². The van der Waals surface area contributed by atoms with Crippen molar-refractivity contribution in [3.63, 3.8) is 0 Å². The number of methoxy groups -OCH3 is 1. The Morgan fingerprint density at radius 1 is 1.03 bits per heavy atom. The highest BCUT2D eigenvalue weighted by Crippen LogP contribution is 2.42. The van der Waals surface area contributed by atoms with Gasteiger partial charge in [-0.1, -0.05) is 19.3 Å². The van der Waals surface area contributed by atoms with Crippen molar-refractivity contribution in [1.82, 2.24) is 15.0 Å². The second kappa shape index (κ2) is 9.69. The number of hydrogen-bond donors (Lipinski definition) is 1. The lowest BCUT2D eigenvalue weighted by Gasteiger charge is -2.41. The maximum Gasteiger partial charge on any atom is 0.323 e. The van der Waals surface area contributed by atoms with Crippen LogP contribution in [0, 0.1) is 23.6 Å². The van der Waals surface area contributed by atoms with Gasteiger partial charge < -0.3 is 20.1 Å². The van der Waals surface area contributed by atoms with E-state index < -0.39 is 5.82 Å². The third-order valence-electron chi connectivity index (χ3n) is 7.71. The highest BCUT2D eigenvalue weighted by molar-refractivity contribution is 5.59. The fourth-order valence-electron chi connectivity index (χ4n) is 5.88. The molecule has 178 valence electrons. The normalized spacial score (nSPS) is 25.1. The largest absolute Gasteiger partial charge is 0.494 e. The maximum atomic E-state index is 14.6. The fraction of sp³-hybridized carbons (Fsp3) is 0.640. The lowest BCUT2D eigenvalue weighted by Crippen LogP contribution is -2.39. The second-order valence-electron chi connectivity index (χ2n) is 9.88. The van der Waals surface area contributed by atoms with E-state index in [1.54, 1.807) is 6.07 Å². The van der Waals surface area contributed by atoms with Crippen molar-refractivity contribution in [2.75, 3.05) is 24.3 Å². The Kier molecular flexibility index (Phi) is 6.51. The number of anilines is 3. The van der Waals surface area contributed by atoms with Gasteiger partial charge in [-0.15, -0.1) is 0 Å². The van der Waals surface area contributed by atoms with Crippen molar-refractivity contribution < 1.29 is 13.9 Å². The van der Waals surface area contributed by atoms with Crippen molar-refractivity contribution in [3.8, 4) is 11.8 Å². The molecule has 1 unspecified atom stereocenters. The minimum Gasteiger partial charge on any atom is -0.494 e. The summed E-state index contributed by atoms with van der Waals surface area (Å²) in [5, 5.41) is 0. The van der Waals surface area contributed by atoms with E-state index >= 15 is 0 Å².